The Labute approximate surface area is 174 Å². The lowest BCUT2D eigenvalue weighted by Gasteiger charge is -2.16. The SMILES string of the molecule is CN(C)CCNc1nc(C(F)(F)F)ccc1C(=O)Nc1ccc2sc(CO)nc2c1. The van der Waals surface area contributed by atoms with E-state index in [2.05, 4.69) is 20.6 Å². The van der Waals surface area contributed by atoms with Crippen molar-refractivity contribution in [1.29, 1.82) is 0 Å². The minimum Gasteiger partial charge on any atom is -0.389 e. The van der Waals surface area contributed by atoms with Crippen LogP contribution in [0, 0.1) is 0 Å². The Morgan fingerprint density at radius 3 is 2.63 bits per heavy atom. The van der Waals surface area contributed by atoms with Crippen LogP contribution in [-0.2, 0) is 12.8 Å². The van der Waals surface area contributed by atoms with Gasteiger partial charge in [-0.2, -0.15) is 13.2 Å². The number of likely N-dealkylation sites (N-methyl/N-ethyl adjacent to an activating group) is 1. The van der Waals surface area contributed by atoms with E-state index in [9.17, 15) is 23.1 Å². The summed E-state index contributed by atoms with van der Waals surface area (Å²) in [4.78, 5) is 22.5. The molecule has 3 N–H and O–H groups in total. The number of hydrogen-bond acceptors (Lipinski definition) is 7. The molecule has 2 aromatic heterocycles. The molecule has 0 fully saturated rings. The summed E-state index contributed by atoms with van der Waals surface area (Å²) in [7, 11) is 3.65. The van der Waals surface area contributed by atoms with E-state index < -0.39 is 17.8 Å². The van der Waals surface area contributed by atoms with Crippen molar-refractivity contribution >= 4 is 39.0 Å². The molecule has 1 amide bonds. The molecule has 0 saturated heterocycles. The molecule has 0 atom stereocenters. The van der Waals surface area contributed by atoms with E-state index in [1.54, 1.807) is 18.2 Å². The molecule has 7 nitrogen and oxygen atoms in total. The van der Waals surface area contributed by atoms with Crippen LogP contribution in [0.4, 0.5) is 24.7 Å². The van der Waals surface area contributed by atoms with Gasteiger partial charge >= 0.3 is 6.18 Å². The number of hydrogen-bond donors (Lipinski definition) is 3. The molecule has 0 spiro atoms. The first kappa shape index (κ1) is 21.9. The number of aromatic nitrogens is 2. The number of nitrogens with one attached hydrogen (secondary N) is 2. The van der Waals surface area contributed by atoms with Gasteiger partial charge in [-0.1, -0.05) is 0 Å². The third kappa shape index (κ3) is 5.23. The number of benzene rings is 1. The van der Waals surface area contributed by atoms with Crippen molar-refractivity contribution in [2.45, 2.75) is 12.8 Å². The summed E-state index contributed by atoms with van der Waals surface area (Å²) in [5.41, 5.74) is -0.0406. The van der Waals surface area contributed by atoms with E-state index in [0.717, 1.165) is 16.8 Å². The molecule has 0 saturated carbocycles. The lowest BCUT2D eigenvalue weighted by Crippen LogP contribution is -2.24. The minimum atomic E-state index is -4.62. The molecule has 0 radical (unpaired) electrons. The fraction of sp³-hybridized carbons (Fsp3) is 0.316. The highest BCUT2D eigenvalue weighted by atomic mass is 32.1. The Morgan fingerprint density at radius 2 is 1.97 bits per heavy atom. The Bertz CT molecular complexity index is 1050. The van der Waals surface area contributed by atoms with Gasteiger partial charge in [0.1, 0.15) is 16.5 Å². The van der Waals surface area contributed by atoms with E-state index in [0.29, 0.717) is 29.3 Å². The second-order valence-electron chi connectivity index (χ2n) is 6.72. The van der Waals surface area contributed by atoms with Crippen molar-refractivity contribution in [1.82, 2.24) is 14.9 Å². The van der Waals surface area contributed by atoms with Crippen LogP contribution < -0.4 is 10.6 Å². The molecule has 0 unspecified atom stereocenters. The number of halogens is 3. The van der Waals surface area contributed by atoms with Crippen molar-refractivity contribution in [3.05, 3.63) is 46.6 Å². The maximum absolute atomic E-state index is 13.1. The summed E-state index contributed by atoms with van der Waals surface area (Å²) in [5, 5.41) is 15.2. The summed E-state index contributed by atoms with van der Waals surface area (Å²) >= 11 is 1.33. The maximum atomic E-state index is 13.1. The highest BCUT2D eigenvalue weighted by Gasteiger charge is 2.33. The highest BCUT2D eigenvalue weighted by Crippen LogP contribution is 2.30. The van der Waals surface area contributed by atoms with E-state index >= 15 is 0 Å². The smallest absolute Gasteiger partial charge is 0.389 e. The van der Waals surface area contributed by atoms with Crippen LogP contribution in [-0.4, -0.2) is 53.1 Å². The molecule has 30 heavy (non-hydrogen) atoms. The molecule has 3 rings (SSSR count). The molecular weight excluding hydrogens is 419 g/mol. The van der Waals surface area contributed by atoms with Gasteiger partial charge in [0.2, 0.25) is 0 Å². The monoisotopic (exact) mass is 439 g/mol. The molecule has 2 heterocycles. The van der Waals surface area contributed by atoms with Crippen LogP contribution in [0.2, 0.25) is 0 Å². The van der Waals surface area contributed by atoms with Gasteiger partial charge in [-0.05, 0) is 44.4 Å². The largest absolute Gasteiger partial charge is 0.433 e. The van der Waals surface area contributed by atoms with Crippen molar-refractivity contribution < 1.29 is 23.1 Å². The zero-order valence-corrected chi connectivity index (χ0v) is 17.1. The highest BCUT2D eigenvalue weighted by molar-refractivity contribution is 7.18. The zero-order valence-electron chi connectivity index (χ0n) is 16.2. The average Bonchev–Trinajstić information content (AvgIpc) is 3.09. The van der Waals surface area contributed by atoms with E-state index in [1.165, 1.54) is 11.3 Å². The van der Waals surface area contributed by atoms with Gasteiger partial charge in [-0.25, -0.2) is 9.97 Å². The van der Waals surface area contributed by atoms with Gasteiger partial charge in [0.15, 0.2) is 0 Å². The summed E-state index contributed by atoms with van der Waals surface area (Å²) < 4.78 is 40.0. The number of fused-ring (bicyclic) bond motifs is 1. The van der Waals surface area contributed by atoms with Crippen LogP contribution in [0.15, 0.2) is 30.3 Å². The maximum Gasteiger partial charge on any atom is 0.433 e. The normalized spacial score (nSPS) is 11.8. The van der Waals surface area contributed by atoms with E-state index in [1.807, 2.05) is 19.0 Å². The van der Waals surface area contributed by atoms with Crippen molar-refractivity contribution in [2.75, 3.05) is 37.8 Å². The number of thiazole rings is 1. The Hall–Kier alpha value is -2.76. The molecule has 1 aromatic carbocycles. The molecule has 0 bridgehead atoms. The first-order valence-corrected chi connectivity index (χ1v) is 9.77. The number of rotatable bonds is 7. The number of amides is 1. The quantitative estimate of drug-likeness (QED) is 0.523. The Kier molecular flexibility index (Phi) is 6.54. The fourth-order valence-corrected chi connectivity index (χ4v) is 3.46. The second-order valence-corrected chi connectivity index (χ2v) is 7.84. The summed E-state index contributed by atoms with van der Waals surface area (Å²) in [5.74, 6) is -0.734. The van der Waals surface area contributed by atoms with Crippen LogP contribution in [0.5, 0.6) is 0 Å². The molecule has 0 aliphatic rings. The summed E-state index contributed by atoms with van der Waals surface area (Å²) in [6.45, 7) is 0.684. The summed E-state index contributed by atoms with van der Waals surface area (Å²) in [6.07, 6.45) is -4.62. The van der Waals surface area contributed by atoms with Crippen molar-refractivity contribution in [3.63, 3.8) is 0 Å². The molecule has 0 aliphatic heterocycles. The van der Waals surface area contributed by atoms with E-state index in [-0.39, 0.29) is 18.0 Å². The number of alkyl halides is 3. The van der Waals surface area contributed by atoms with Crippen molar-refractivity contribution in [3.8, 4) is 0 Å². The third-order valence-corrected chi connectivity index (χ3v) is 5.13. The number of carbonyl (C=O) groups excluding carboxylic acids is 1. The predicted octanol–water partition coefficient (Wildman–Crippen LogP) is 3.43. The van der Waals surface area contributed by atoms with Crippen molar-refractivity contribution in [2.24, 2.45) is 0 Å². The van der Waals surface area contributed by atoms with Gasteiger partial charge in [0.05, 0.1) is 22.4 Å². The molecular formula is C19H20F3N5O2S. The first-order valence-electron chi connectivity index (χ1n) is 8.96. The molecule has 3 aromatic rings. The van der Waals surface area contributed by atoms with Gasteiger partial charge in [0.25, 0.3) is 5.91 Å². The fourth-order valence-electron chi connectivity index (χ4n) is 2.65. The lowest BCUT2D eigenvalue weighted by molar-refractivity contribution is -0.141. The first-order chi connectivity index (χ1) is 14.2. The number of nitrogens with zero attached hydrogens (tertiary/aromatic N) is 3. The number of aliphatic hydroxyl groups excluding tert-OH is 1. The number of carbonyl (C=O) groups is 1. The minimum absolute atomic E-state index is 0.00354. The van der Waals surface area contributed by atoms with Gasteiger partial charge in [-0.3, -0.25) is 4.79 Å². The number of aliphatic hydroxyl groups is 1. The average molecular weight is 439 g/mol. The third-order valence-electron chi connectivity index (χ3n) is 4.11. The van der Waals surface area contributed by atoms with Crippen LogP contribution in [0.1, 0.15) is 21.1 Å². The molecule has 0 aliphatic carbocycles. The second kappa shape index (κ2) is 8.94. The van der Waals surface area contributed by atoms with Crippen LogP contribution >= 0.6 is 11.3 Å². The van der Waals surface area contributed by atoms with Crippen LogP contribution in [0.25, 0.3) is 10.2 Å². The number of anilines is 2. The van der Waals surface area contributed by atoms with Gasteiger partial charge in [0, 0.05) is 18.8 Å². The molecule has 11 heteroatoms. The van der Waals surface area contributed by atoms with Crippen LogP contribution in [0.3, 0.4) is 0 Å². The number of pyridine rings is 1. The summed E-state index contributed by atoms with van der Waals surface area (Å²) in [6, 6.07) is 6.94. The molecule has 160 valence electrons. The predicted molar refractivity (Wildman–Crippen MR) is 110 cm³/mol. The Balaban J connectivity index is 1.86. The lowest BCUT2D eigenvalue weighted by atomic mass is 10.2. The standard InChI is InChI=1S/C19H20F3N5O2S/c1-27(2)8-7-23-17-12(4-6-15(26-17)19(20,21)22)18(29)24-11-3-5-14-13(9-11)25-16(10-28)30-14/h3-6,9,28H,7-8,10H2,1-2H3,(H,23,26)(H,24,29). The van der Waals surface area contributed by atoms with Gasteiger partial charge in [-0.15, -0.1) is 11.3 Å². The van der Waals surface area contributed by atoms with Gasteiger partial charge < -0.3 is 20.6 Å². The zero-order chi connectivity index (χ0) is 21.9. The Morgan fingerprint density at radius 1 is 1.20 bits per heavy atom. The topological polar surface area (TPSA) is 90.4 Å². The van der Waals surface area contributed by atoms with E-state index in [4.69, 9.17) is 0 Å².